The van der Waals surface area contributed by atoms with E-state index in [2.05, 4.69) is 10.3 Å². The fourth-order valence-corrected chi connectivity index (χ4v) is 9.11. The lowest BCUT2D eigenvalue weighted by atomic mass is 9.52. The van der Waals surface area contributed by atoms with Crippen molar-refractivity contribution >= 4 is 21.7 Å². The van der Waals surface area contributed by atoms with Crippen LogP contribution in [0.1, 0.15) is 55.1 Å². The zero-order valence-corrected chi connectivity index (χ0v) is 23.0. The lowest BCUT2D eigenvalue weighted by Gasteiger charge is -2.58. The number of nitrogens with one attached hydrogen (secondary N) is 1. The van der Waals surface area contributed by atoms with Crippen LogP contribution in [0.25, 0.3) is 0 Å². The van der Waals surface area contributed by atoms with Crippen molar-refractivity contribution in [2.45, 2.75) is 67.8 Å². The van der Waals surface area contributed by atoms with Crippen LogP contribution in [0.4, 0.5) is 19.0 Å². The SMILES string of the molecule is C[C@@H]1CN(S(=O)(=O)c2ccc(C(F)(F)F)cc2)CCN1c1cccc(C(=O)NC2C3CC4CC2CC(O)(C4)C3)n1. The average molecular weight is 579 g/mol. The maximum absolute atomic E-state index is 13.2. The van der Waals surface area contributed by atoms with Crippen molar-refractivity contribution in [1.29, 1.82) is 0 Å². The summed E-state index contributed by atoms with van der Waals surface area (Å²) < 4.78 is 66.2. The number of piperazine rings is 1. The molecule has 1 saturated heterocycles. The summed E-state index contributed by atoms with van der Waals surface area (Å²) in [6.45, 7) is 2.41. The highest BCUT2D eigenvalue weighted by Gasteiger charge is 2.55. The predicted molar refractivity (Wildman–Crippen MR) is 141 cm³/mol. The van der Waals surface area contributed by atoms with Crippen LogP contribution in [-0.2, 0) is 16.2 Å². The van der Waals surface area contributed by atoms with Crippen molar-refractivity contribution in [3.8, 4) is 0 Å². The van der Waals surface area contributed by atoms with Crippen LogP contribution < -0.4 is 10.2 Å². The Bertz CT molecular complexity index is 1390. The van der Waals surface area contributed by atoms with Gasteiger partial charge in [-0.3, -0.25) is 4.79 Å². The Hall–Kier alpha value is -2.70. The molecule has 7 rings (SSSR count). The van der Waals surface area contributed by atoms with Gasteiger partial charge in [0.2, 0.25) is 10.0 Å². The van der Waals surface area contributed by atoms with Crippen molar-refractivity contribution in [3.05, 3.63) is 53.7 Å². The molecule has 2 N–H and O–H groups in total. The number of aliphatic hydroxyl groups is 1. The van der Waals surface area contributed by atoms with Crippen LogP contribution in [0.15, 0.2) is 47.4 Å². The van der Waals surface area contributed by atoms with E-state index in [0.29, 0.717) is 18.3 Å². The van der Waals surface area contributed by atoms with Gasteiger partial charge in [-0.15, -0.1) is 0 Å². The summed E-state index contributed by atoms with van der Waals surface area (Å²) >= 11 is 0. The molecule has 2 aromatic rings. The number of rotatable bonds is 5. The van der Waals surface area contributed by atoms with E-state index >= 15 is 0 Å². The molecule has 2 unspecified atom stereocenters. The summed E-state index contributed by atoms with van der Waals surface area (Å²) in [5, 5.41) is 14.0. The molecule has 1 aliphatic heterocycles. The molecule has 1 aromatic carbocycles. The number of amides is 1. The maximum atomic E-state index is 13.2. The third-order valence-corrected chi connectivity index (χ3v) is 11.1. The van der Waals surface area contributed by atoms with Gasteiger partial charge >= 0.3 is 6.18 Å². The molecular formula is C28H33F3N4O4S. The second-order valence-electron chi connectivity index (χ2n) is 12.0. The van der Waals surface area contributed by atoms with Gasteiger partial charge in [0.25, 0.3) is 5.91 Å². The van der Waals surface area contributed by atoms with E-state index in [1.54, 1.807) is 18.2 Å². The van der Waals surface area contributed by atoms with E-state index in [0.717, 1.165) is 56.4 Å². The van der Waals surface area contributed by atoms with Gasteiger partial charge in [0.1, 0.15) is 11.5 Å². The average Bonchev–Trinajstić information content (AvgIpc) is 2.89. The van der Waals surface area contributed by atoms with Gasteiger partial charge in [0.05, 0.1) is 16.1 Å². The number of carbonyl (C=O) groups excluding carboxylic acids is 1. The van der Waals surface area contributed by atoms with E-state index in [-0.39, 0.29) is 53.5 Å². The highest BCUT2D eigenvalue weighted by molar-refractivity contribution is 7.89. The molecular weight excluding hydrogens is 545 g/mol. The number of pyridine rings is 1. The van der Waals surface area contributed by atoms with Gasteiger partial charge in [-0.25, -0.2) is 13.4 Å². The van der Waals surface area contributed by atoms with Gasteiger partial charge in [0.15, 0.2) is 0 Å². The van der Waals surface area contributed by atoms with Crippen molar-refractivity contribution in [3.63, 3.8) is 0 Å². The smallest absolute Gasteiger partial charge is 0.390 e. The molecule has 5 fully saturated rings. The Kier molecular flexibility index (Phi) is 6.66. The Morgan fingerprint density at radius 1 is 1.05 bits per heavy atom. The minimum Gasteiger partial charge on any atom is -0.390 e. The van der Waals surface area contributed by atoms with Crippen molar-refractivity contribution in [2.24, 2.45) is 17.8 Å². The fraction of sp³-hybridized carbons (Fsp3) is 0.571. The zero-order valence-electron chi connectivity index (χ0n) is 22.1. The molecule has 1 amide bonds. The largest absolute Gasteiger partial charge is 0.416 e. The van der Waals surface area contributed by atoms with Gasteiger partial charge in [-0.1, -0.05) is 6.07 Å². The second kappa shape index (κ2) is 9.70. The molecule has 216 valence electrons. The second-order valence-corrected chi connectivity index (χ2v) is 13.9. The summed E-state index contributed by atoms with van der Waals surface area (Å²) in [6.07, 6.45) is -0.131. The first-order valence-corrected chi connectivity index (χ1v) is 15.2. The van der Waals surface area contributed by atoms with E-state index in [1.165, 1.54) is 4.31 Å². The molecule has 2 heterocycles. The number of nitrogens with zero attached hydrogens (tertiary/aromatic N) is 3. The van der Waals surface area contributed by atoms with Gasteiger partial charge in [-0.2, -0.15) is 17.5 Å². The number of anilines is 1. The molecule has 12 heteroatoms. The van der Waals surface area contributed by atoms with Crippen LogP contribution in [0, 0.1) is 17.8 Å². The summed E-state index contributed by atoms with van der Waals surface area (Å²) in [5.41, 5.74) is -1.19. The van der Waals surface area contributed by atoms with Crippen molar-refractivity contribution in [2.75, 3.05) is 24.5 Å². The fourth-order valence-electron chi connectivity index (χ4n) is 7.60. The van der Waals surface area contributed by atoms with Crippen molar-refractivity contribution in [1.82, 2.24) is 14.6 Å². The van der Waals surface area contributed by atoms with E-state index in [4.69, 9.17) is 0 Å². The lowest BCUT2D eigenvalue weighted by molar-refractivity contribution is -0.137. The molecule has 4 bridgehead atoms. The predicted octanol–water partition coefficient (Wildman–Crippen LogP) is 3.67. The van der Waals surface area contributed by atoms with Crippen molar-refractivity contribution < 1.29 is 31.5 Å². The Morgan fingerprint density at radius 3 is 2.33 bits per heavy atom. The standard InChI is InChI=1S/C28H33F3N4O4S/c1-17-16-34(40(38,39)22-7-5-21(6-8-22)28(29,30)31)9-10-35(17)24-4-2-3-23(32-24)26(36)33-25-19-11-18-12-20(25)15-27(37,13-18)14-19/h2-8,17-20,25,37H,9-16H2,1H3,(H,33,36)/t17-,18?,19?,20?,25?,27?/m1/s1. The summed E-state index contributed by atoms with van der Waals surface area (Å²) in [7, 11) is -3.98. The van der Waals surface area contributed by atoms with Crippen LogP contribution in [0.2, 0.25) is 0 Å². The molecule has 0 radical (unpaired) electrons. The Labute approximate surface area is 231 Å². The molecule has 40 heavy (non-hydrogen) atoms. The third-order valence-electron chi connectivity index (χ3n) is 9.21. The highest BCUT2D eigenvalue weighted by Crippen LogP contribution is 2.55. The Balaban J connectivity index is 1.12. The maximum Gasteiger partial charge on any atom is 0.416 e. The normalized spacial score (nSPS) is 32.3. The van der Waals surface area contributed by atoms with E-state index < -0.39 is 27.4 Å². The number of benzene rings is 1. The lowest BCUT2D eigenvalue weighted by Crippen LogP contribution is -2.61. The number of aromatic nitrogens is 1. The molecule has 4 aliphatic carbocycles. The van der Waals surface area contributed by atoms with Gasteiger partial charge < -0.3 is 15.3 Å². The monoisotopic (exact) mass is 578 g/mol. The molecule has 4 saturated carbocycles. The minimum absolute atomic E-state index is 0.0349. The highest BCUT2D eigenvalue weighted by atomic mass is 32.2. The van der Waals surface area contributed by atoms with Gasteiger partial charge in [-0.05, 0) is 93.2 Å². The number of sulfonamides is 1. The topological polar surface area (TPSA) is 103 Å². The first-order valence-electron chi connectivity index (χ1n) is 13.8. The van der Waals surface area contributed by atoms with E-state index in [1.807, 2.05) is 11.8 Å². The molecule has 1 aromatic heterocycles. The summed E-state index contributed by atoms with van der Waals surface area (Å²) in [6, 6.07) is 8.49. The number of carbonyl (C=O) groups is 1. The number of alkyl halides is 3. The van der Waals surface area contributed by atoms with E-state index in [9.17, 15) is 31.5 Å². The first kappa shape index (κ1) is 27.5. The summed E-state index contributed by atoms with van der Waals surface area (Å²) in [5.74, 6) is 1.42. The zero-order chi connectivity index (χ0) is 28.4. The minimum atomic E-state index is -4.54. The van der Waals surface area contributed by atoms with Crippen LogP contribution in [-0.4, -0.2) is 66.0 Å². The van der Waals surface area contributed by atoms with Crippen LogP contribution in [0.3, 0.4) is 0 Å². The van der Waals surface area contributed by atoms with Crippen LogP contribution in [0.5, 0.6) is 0 Å². The van der Waals surface area contributed by atoms with Gasteiger partial charge in [0, 0.05) is 31.7 Å². The number of hydrogen-bond donors (Lipinski definition) is 2. The quantitative estimate of drug-likeness (QED) is 0.562. The molecule has 3 atom stereocenters. The molecule has 8 nitrogen and oxygen atoms in total. The Morgan fingerprint density at radius 2 is 1.73 bits per heavy atom. The molecule has 5 aliphatic rings. The summed E-state index contributed by atoms with van der Waals surface area (Å²) in [4.78, 5) is 19.6. The number of hydrogen-bond acceptors (Lipinski definition) is 6. The third kappa shape index (κ3) is 4.98. The molecule has 0 spiro atoms. The number of halogens is 3. The first-order chi connectivity index (χ1) is 18.8. The van der Waals surface area contributed by atoms with Crippen LogP contribution >= 0.6 is 0 Å².